The van der Waals surface area contributed by atoms with Gasteiger partial charge in [0.2, 0.25) is 5.91 Å². The fraction of sp³-hybridized carbons (Fsp3) is 0.450. The van der Waals surface area contributed by atoms with E-state index in [0.717, 1.165) is 12.1 Å². The molecular formula is C20H26F3N5O. The number of nitrogens with zero attached hydrogens (tertiary/aromatic N) is 3. The molecule has 3 atom stereocenters. The number of alkyl halides is 3. The van der Waals surface area contributed by atoms with Crippen LogP contribution >= 0.6 is 0 Å². The van der Waals surface area contributed by atoms with Crippen LogP contribution < -0.4 is 11.6 Å². The second-order valence-corrected chi connectivity index (χ2v) is 7.22. The zero-order chi connectivity index (χ0) is 21.8. The van der Waals surface area contributed by atoms with E-state index in [1.54, 1.807) is 13.1 Å². The number of likely N-dealkylation sites (tertiary alicyclic amines) is 1. The maximum atomic E-state index is 13.0. The lowest BCUT2D eigenvalue weighted by molar-refractivity contribution is -0.137. The van der Waals surface area contributed by atoms with Crippen molar-refractivity contribution in [2.45, 2.75) is 43.4 Å². The van der Waals surface area contributed by atoms with Crippen LogP contribution in [0.3, 0.4) is 0 Å². The Morgan fingerprint density at radius 3 is 2.41 bits per heavy atom. The van der Waals surface area contributed by atoms with Crippen LogP contribution in [-0.4, -0.2) is 48.4 Å². The maximum Gasteiger partial charge on any atom is 0.416 e. The van der Waals surface area contributed by atoms with Crippen molar-refractivity contribution in [1.29, 1.82) is 0 Å². The molecule has 0 radical (unpaired) electrons. The minimum Gasteiger partial charge on any atom is -0.369 e. The van der Waals surface area contributed by atoms with Gasteiger partial charge in [-0.25, -0.2) is 0 Å². The molecule has 4 N–H and O–H groups in total. The fourth-order valence-corrected chi connectivity index (χ4v) is 4.09. The molecule has 1 amide bonds. The van der Waals surface area contributed by atoms with Crippen molar-refractivity contribution >= 4 is 17.8 Å². The first-order valence-corrected chi connectivity index (χ1v) is 9.15. The molecule has 1 fully saturated rings. The van der Waals surface area contributed by atoms with Crippen molar-refractivity contribution in [2.75, 3.05) is 13.6 Å². The summed E-state index contributed by atoms with van der Waals surface area (Å²) in [6.07, 6.45) is -0.654. The van der Waals surface area contributed by atoms with Crippen LogP contribution in [-0.2, 0) is 16.4 Å². The monoisotopic (exact) mass is 409 g/mol. The van der Waals surface area contributed by atoms with E-state index in [0.29, 0.717) is 24.2 Å². The summed E-state index contributed by atoms with van der Waals surface area (Å²) in [6, 6.07) is 4.06. The van der Waals surface area contributed by atoms with Crippen LogP contribution in [0.5, 0.6) is 0 Å². The molecule has 0 saturated carbocycles. The van der Waals surface area contributed by atoms with Crippen LogP contribution in [0.4, 0.5) is 13.2 Å². The SMILES string of the molecule is C=CCN1[C@@H](C)C[C@@](C(N)=O)(c2ccc(C(F)(F)F)cc2)C[C@H]1C(C=NC)=NN. The highest BCUT2D eigenvalue weighted by Crippen LogP contribution is 2.42. The predicted octanol–water partition coefficient (Wildman–Crippen LogP) is 2.48. The average Bonchev–Trinajstić information content (AvgIpc) is 2.67. The fourth-order valence-electron chi connectivity index (χ4n) is 4.09. The van der Waals surface area contributed by atoms with E-state index >= 15 is 0 Å². The van der Waals surface area contributed by atoms with Crippen molar-refractivity contribution in [1.82, 2.24) is 4.90 Å². The minimum absolute atomic E-state index is 0.136. The molecule has 1 aromatic rings. The lowest BCUT2D eigenvalue weighted by Gasteiger charge is -2.48. The third-order valence-electron chi connectivity index (χ3n) is 5.48. The van der Waals surface area contributed by atoms with Crippen molar-refractivity contribution in [3.8, 4) is 0 Å². The van der Waals surface area contributed by atoms with E-state index in [2.05, 4.69) is 21.6 Å². The molecule has 0 aliphatic carbocycles. The summed E-state index contributed by atoms with van der Waals surface area (Å²) in [6.45, 7) is 6.22. The van der Waals surface area contributed by atoms with E-state index in [4.69, 9.17) is 11.6 Å². The van der Waals surface area contributed by atoms with Gasteiger partial charge >= 0.3 is 6.18 Å². The summed E-state index contributed by atoms with van der Waals surface area (Å²) >= 11 is 0. The summed E-state index contributed by atoms with van der Waals surface area (Å²) in [5.41, 5.74) is 4.77. The Labute approximate surface area is 168 Å². The van der Waals surface area contributed by atoms with Gasteiger partial charge in [-0.05, 0) is 37.5 Å². The Hall–Kier alpha value is -2.68. The van der Waals surface area contributed by atoms with E-state index in [9.17, 15) is 18.0 Å². The molecule has 0 spiro atoms. The van der Waals surface area contributed by atoms with Gasteiger partial charge in [0.15, 0.2) is 0 Å². The topological polar surface area (TPSA) is 97.1 Å². The van der Waals surface area contributed by atoms with Gasteiger partial charge in [0.05, 0.1) is 22.7 Å². The maximum absolute atomic E-state index is 13.0. The summed E-state index contributed by atoms with van der Waals surface area (Å²) in [7, 11) is 1.58. The summed E-state index contributed by atoms with van der Waals surface area (Å²) in [4.78, 5) is 18.7. The Kier molecular flexibility index (Phi) is 6.84. The summed E-state index contributed by atoms with van der Waals surface area (Å²) in [5, 5.41) is 3.82. The second-order valence-electron chi connectivity index (χ2n) is 7.22. The Balaban J connectivity index is 2.56. The zero-order valence-electron chi connectivity index (χ0n) is 16.5. The van der Waals surface area contributed by atoms with E-state index < -0.39 is 29.1 Å². The number of hydrogen-bond acceptors (Lipinski definition) is 5. The lowest BCUT2D eigenvalue weighted by atomic mass is 9.66. The van der Waals surface area contributed by atoms with Gasteiger partial charge in [0, 0.05) is 25.8 Å². The zero-order valence-corrected chi connectivity index (χ0v) is 16.5. The molecule has 0 unspecified atom stereocenters. The smallest absolute Gasteiger partial charge is 0.369 e. The highest BCUT2D eigenvalue weighted by Gasteiger charge is 2.49. The molecule has 6 nitrogen and oxygen atoms in total. The van der Waals surface area contributed by atoms with E-state index in [1.807, 2.05) is 6.92 Å². The molecule has 1 aliphatic heterocycles. The number of aliphatic imine (C=N–C) groups is 1. The number of hydrazone groups is 1. The molecule has 29 heavy (non-hydrogen) atoms. The number of hydrogen-bond donors (Lipinski definition) is 2. The normalized spacial score (nSPS) is 26.6. The van der Waals surface area contributed by atoms with Gasteiger partial charge in [-0.2, -0.15) is 18.3 Å². The second kappa shape index (κ2) is 8.77. The number of benzene rings is 1. The molecule has 1 saturated heterocycles. The van der Waals surface area contributed by atoms with E-state index in [-0.39, 0.29) is 12.5 Å². The van der Waals surface area contributed by atoms with Gasteiger partial charge in [-0.3, -0.25) is 14.7 Å². The minimum atomic E-state index is -4.46. The number of piperidine rings is 1. The van der Waals surface area contributed by atoms with Crippen molar-refractivity contribution in [2.24, 2.45) is 21.7 Å². The van der Waals surface area contributed by atoms with Crippen LogP contribution in [0.2, 0.25) is 0 Å². The number of nitrogens with two attached hydrogens (primary N) is 2. The largest absolute Gasteiger partial charge is 0.416 e. The Bertz CT molecular complexity index is 803. The first-order chi connectivity index (χ1) is 13.6. The average molecular weight is 409 g/mol. The number of carbonyl (C=O) groups is 1. The van der Waals surface area contributed by atoms with Crippen LogP contribution in [0, 0.1) is 0 Å². The van der Waals surface area contributed by atoms with Crippen molar-refractivity contribution in [3.05, 3.63) is 48.0 Å². The molecule has 1 aliphatic rings. The standard InChI is InChI=1S/C20H26F3N5O/c1-4-9-28-13(2)10-19(18(24)29,11-17(28)16(27-25)12-26-3)14-5-7-15(8-6-14)20(21,22)23/h4-8,12-13,17H,1,9-11,25H2,2-3H3,(H2,24,29)/t13-,17-,19-/m0/s1. The van der Waals surface area contributed by atoms with Crippen molar-refractivity contribution < 1.29 is 18.0 Å². The van der Waals surface area contributed by atoms with E-state index in [1.165, 1.54) is 18.3 Å². The molecule has 0 aromatic heterocycles. The Morgan fingerprint density at radius 2 is 1.97 bits per heavy atom. The van der Waals surface area contributed by atoms with Gasteiger partial charge in [0.1, 0.15) is 0 Å². The van der Waals surface area contributed by atoms with Gasteiger partial charge in [-0.1, -0.05) is 18.2 Å². The highest BCUT2D eigenvalue weighted by atomic mass is 19.4. The molecule has 2 rings (SSSR count). The number of rotatable bonds is 6. The molecule has 0 bridgehead atoms. The number of primary amides is 1. The van der Waals surface area contributed by atoms with Crippen LogP contribution in [0.15, 0.2) is 47.0 Å². The quantitative estimate of drug-likeness (QED) is 0.327. The first kappa shape index (κ1) is 22.6. The third-order valence-corrected chi connectivity index (χ3v) is 5.48. The lowest BCUT2D eigenvalue weighted by Crippen LogP contribution is -2.60. The van der Waals surface area contributed by atoms with Gasteiger partial charge in [-0.15, -0.1) is 6.58 Å². The molecule has 158 valence electrons. The third kappa shape index (κ3) is 4.50. The first-order valence-electron chi connectivity index (χ1n) is 9.15. The van der Waals surface area contributed by atoms with Crippen LogP contribution in [0.1, 0.15) is 30.9 Å². The molecular weight excluding hydrogens is 383 g/mol. The predicted molar refractivity (Wildman–Crippen MR) is 108 cm³/mol. The summed E-state index contributed by atoms with van der Waals surface area (Å²) in [5.74, 6) is 4.97. The van der Waals surface area contributed by atoms with Gasteiger partial charge < -0.3 is 11.6 Å². The number of amides is 1. The number of halogens is 3. The molecule has 1 aromatic carbocycles. The Morgan fingerprint density at radius 1 is 1.34 bits per heavy atom. The molecule has 9 heteroatoms. The van der Waals surface area contributed by atoms with Crippen LogP contribution in [0.25, 0.3) is 0 Å². The van der Waals surface area contributed by atoms with Crippen molar-refractivity contribution in [3.63, 3.8) is 0 Å². The molecule has 1 heterocycles. The summed E-state index contributed by atoms with van der Waals surface area (Å²) < 4.78 is 38.9. The number of carbonyl (C=O) groups excluding carboxylic acids is 1. The highest BCUT2D eigenvalue weighted by molar-refractivity contribution is 6.33. The van der Waals surface area contributed by atoms with Gasteiger partial charge in [0.25, 0.3) is 0 Å².